The summed E-state index contributed by atoms with van der Waals surface area (Å²) in [6, 6.07) is 7.97. The fraction of sp³-hybridized carbons (Fsp3) is 0.577. The molecular weight excluding hydrogens is 450 g/mol. The van der Waals surface area contributed by atoms with E-state index >= 15 is 0 Å². The van der Waals surface area contributed by atoms with E-state index in [1.807, 2.05) is 29.2 Å². The van der Waals surface area contributed by atoms with Crippen molar-refractivity contribution in [1.29, 1.82) is 0 Å². The Morgan fingerprint density at radius 3 is 2.56 bits per heavy atom. The van der Waals surface area contributed by atoms with Crippen molar-refractivity contribution >= 4 is 23.3 Å². The van der Waals surface area contributed by atoms with Crippen molar-refractivity contribution in [1.82, 2.24) is 20.2 Å². The highest BCUT2D eigenvalue weighted by Crippen LogP contribution is 2.47. The topological polar surface area (TPSA) is 81.6 Å². The monoisotopic (exact) mass is 481 g/mol. The molecule has 180 valence electrons. The molecule has 1 spiro atoms. The van der Waals surface area contributed by atoms with Crippen LogP contribution in [0.25, 0.3) is 0 Å². The van der Waals surface area contributed by atoms with Crippen molar-refractivity contribution in [2.24, 2.45) is 0 Å². The number of fused-ring (bicyclic) bond motifs is 1. The number of hydrogen-bond acceptors (Lipinski definition) is 6. The van der Waals surface area contributed by atoms with E-state index in [-0.39, 0.29) is 29.3 Å². The largest absolute Gasteiger partial charge is 0.387 e. The number of anilines is 1. The van der Waals surface area contributed by atoms with Gasteiger partial charge in [-0.05, 0) is 55.7 Å². The molecule has 2 aliphatic carbocycles. The summed E-state index contributed by atoms with van der Waals surface area (Å²) in [6.45, 7) is 4.91. The highest BCUT2D eigenvalue weighted by Gasteiger charge is 2.51. The molecule has 1 aromatic heterocycles. The van der Waals surface area contributed by atoms with Gasteiger partial charge in [-0.15, -0.1) is 0 Å². The summed E-state index contributed by atoms with van der Waals surface area (Å²) < 4.78 is 0. The minimum Gasteiger partial charge on any atom is -0.387 e. The Morgan fingerprint density at radius 2 is 1.88 bits per heavy atom. The molecule has 0 radical (unpaired) electrons. The number of halogens is 1. The van der Waals surface area contributed by atoms with E-state index in [9.17, 15) is 9.90 Å². The number of nitrogens with one attached hydrogen (secondary N) is 1. The van der Waals surface area contributed by atoms with Gasteiger partial charge in [0, 0.05) is 48.3 Å². The summed E-state index contributed by atoms with van der Waals surface area (Å²) in [6.07, 6.45) is 6.38. The quantitative estimate of drug-likeness (QED) is 0.696. The lowest BCUT2D eigenvalue weighted by molar-refractivity contribution is -0.133. The lowest BCUT2D eigenvalue weighted by Gasteiger charge is -2.39. The first-order chi connectivity index (χ1) is 16.4. The number of piperazine rings is 1. The fourth-order valence-corrected chi connectivity index (χ4v) is 6.40. The summed E-state index contributed by atoms with van der Waals surface area (Å²) >= 11 is 6.15. The zero-order valence-electron chi connectivity index (χ0n) is 19.6. The molecular formula is C26H32ClN5O2. The zero-order chi connectivity index (χ0) is 23.4. The minimum absolute atomic E-state index is 0.168. The Kier molecular flexibility index (Phi) is 5.54. The summed E-state index contributed by atoms with van der Waals surface area (Å²) in [5.74, 6) is 1.16. The third-order valence-electron chi connectivity index (χ3n) is 8.35. The summed E-state index contributed by atoms with van der Waals surface area (Å²) in [7, 11) is 0. The number of amides is 1. The molecule has 1 aromatic carbocycles. The summed E-state index contributed by atoms with van der Waals surface area (Å²) in [5, 5.41) is 14.9. The van der Waals surface area contributed by atoms with E-state index in [0.717, 1.165) is 48.6 Å². The highest BCUT2D eigenvalue weighted by atomic mass is 35.5. The van der Waals surface area contributed by atoms with Crippen LogP contribution in [0.15, 0.2) is 30.6 Å². The summed E-state index contributed by atoms with van der Waals surface area (Å²) in [5.41, 5.74) is 3.16. The van der Waals surface area contributed by atoms with Gasteiger partial charge < -0.3 is 20.2 Å². The lowest BCUT2D eigenvalue weighted by Crippen LogP contribution is -2.52. The van der Waals surface area contributed by atoms with Crippen LogP contribution in [0.3, 0.4) is 0 Å². The van der Waals surface area contributed by atoms with Gasteiger partial charge in [-0.2, -0.15) is 0 Å². The number of aliphatic hydroxyl groups excluding tert-OH is 1. The molecule has 1 amide bonds. The van der Waals surface area contributed by atoms with Crippen molar-refractivity contribution in [2.45, 2.75) is 68.5 Å². The van der Waals surface area contributed by atoms with Gasteiger partial charge in [-0.3, -0.25) is 4.79 Å². The van der Waals surface area contributed by atoms with E-state index in [1.165, 1.54) is 12.8 Å². The average Bonchev–Trinajstić information content (AvgIpc) is 3.38. The van der Waals surface area contributed by atoms with E-state index in [4.69, 9.17) is 11.6 Å². The number of benzene rings is 1. The third-order valence-corrected chi connectivity index (χ3v) is 8.60. The molecule has 2 aliphatic heterocycles. The maximum atomic E-state index is 13.9. The van der Waals surface area contributed by atoms with Crippen LogP contribution >= 0.6 is 11.6 Å². The maximum Gasteiger partial charge on any atom is 0.231 e. The molecule has 2 N–H and O–H groups in total. The minimum atomic E-state index is -0.511. The van der Waals surface area contributed by atoms with Crippen molar-refractivity contribution < 1.29 is 9.90 Å². The first kappa shape index (κ1) is 22.3. The van der Waals surface area contributed by atoms with Crippen LogP contribution in [0.4, 0.5) is 5.82 Å². The van der Waals surface area contributed by atoms with Gasteiger partial charge in [-0.25, -0.2) is 9.97 Å². The van der Waals surface area contributed by atoms with E-state index in [0.29, 0.717) is 24.5 Å². The molecule has 34 heavy (non-hydrogen) atoms. The Bertz CT molecular complexity index is 1080. The van der Waals surface area contributed by atoms with Crippen LogP contribution in [0, 0.1) is 0 Å². The van der Waals surface area contributed by atoms with Gasteiger partial charge in [0.2, 0.25) is 5.91 Å². The molecule has 2 aromatic rings. The van der Waals surface area contributed by atoms with Crippen LogP contribution in [0.5, 0.6) is 0 Å². The van der Waals surface area contributed by atoms with Crippen molar-refractivity contribution in [3.8, 4) is 0 Å². The van der Waals surface area contributed by atoms with Gasteiger partial charge in [0.15, 0.2) is 0 Å². The molecule has 6 rings (SSSR count). The normalized spacial score (nSPS) is 28.3. The van der Waals surface area contributed by atoms with E-state index < -0.39 is 6.10 Å². The summed E-state index contributed by atoms with van der Waals surface area (Å²) in [4.78, 5) is 27.1. The molecule has 1 saturated carbocycles. The first-order valence-electron chi connectivity index (χ1n) is 12.5. The Morgan fingerprint density at radius 1 is 1.15 bits per heavy atom. The highest BCUT2D eigenvalue weighted by molar-refractivity contribution is 6.30. The van der Waals surface area contributed by atoms with Crippen LogP contribution < -0.4 is 10.2 Å². The van der Waals surface area contributed by atoms with E-state index in [1.54, 1.807) is 6.33 Å². The molecule has 3 fully saturated rings. The van der Waals surface area contributed by atoms with Crippen molar-refractivity contribution in [3.63, 3.8) is 0 Å². The second kappa shape index (κ2) is 8.47. The SMILES string of the molecule is C[C@@H]1C[C@@H](O)c2ncnc(N3CCN(C(=O)[C@@H](c4ccc(Cl)cc4)[C@@H]4CCC5(CC5)N4)CC3)c21. The average molecular weight is 482 g/mol. The second-order valence-electron chi connectivity index (χ2n) is 10.6. The third kappa shape index (κ3) is 3.88. The molecule has 4 aliphatic rings. The molecule has 7 nitrogen and oxygen atoms in total. The first-order valence-corrected chi connectivity index (χ1v) is 12.9. The molecule has 0 bridgehead atoms. The fourth-order valence-electron chi connectivity index (χ4n) is 6.27. The van der Waals surface area contributed by atoms with E-state index in [2.05, 4.69) is 27.1 Å². The number of nitrogens with zero attached hydrogens (tertiary/aromatic N) is 4. The van der Waals surface area contributed by atoms with Crippen LogP contribution in [-0.4, -0.2) is 63.6 Å². The number of hydrogen-bond donors (Lipinski definition) is 2. The maximum absolute atomic E-state index is 13.9. The number of aliphatic hydroxyl groups is 1. The Hall–Kier alpha value is -2.22. The van der Waals surface area contributed by atoms with Crippen molar-refractivity contribution in [2.75, 3.05) is 31.1 Å². The van der Waals surface area contributed by atoms with Crippen LogP contribution in [0.1, 0.15) is 73.8 Å². The lowest BCUT2D eigenvalue weighted by atomic mass is 9.89. The van der Waals surface area contributed by atoms with Crippen LogP contribution in [0.2, 0.25) is 5.02 Å². The van der Waals surface area contributed by atoms with Gasteiger partial charge in [0.05, 0.1) is 17.7 Å². The predicted octanol–water partition coefficient (Wildman–Crippen LogP) is 3.39. The van der Waals surface area contributed by atoms with Gasteiger partial charge >= 0.3 is 0 Å². The van der Waals surface area contributed by atoms with Crippen molar-refractivity contribution in [3.05, 3.63) is 52.4 Å². The Labute approximate surface area is 205 Å². The Balaban J connectivity index is 1.20. The van der Waals surface area contributed by atoms with Gasteiger partial charge in [0.1, 0.15) is 12.1 Å². The standard InChI is InChI=1S/C26H32ClN5O2/c1-16-14-20(33)23-21(16)24(29-15-28-23)31-10-12-32(13-11-31)25(34)22(17-2-4-18(27)5-3-17)19-6-7-26(30-19)8-9-26/h2-5,15-16,19-20,22,30,33H,6-14H2,1H3/t16-,19+,20-,22+/m1/s1. The van der Waals surface area contributed by atoms with Gasteiger partial charge in [0.25, 0.3) is 0 Å². The molecule has 3 heterocycles. The zero-order valence-corrected chi connectivity index (χ0v) is 20.3. The predicted molar refractivity (Wildman–Crippen MR) is 131 cm³/mol. The number of rotatable bonds is 4. The molecule has 8 heteroatoms. The van der Waals surface area contributed by atoms with Crippen LogP contribution in [-0.2, 0) is 4.79 Å². The second-order valence-corrected chi connectivity index (χ2v) is 11.0. The smallest absolute Gasteiger partial charge is 0.231 e. The number of carbonyl (C=O) groups is 1. The molecule has 0 unspecified atom stereocenters. The number of carbonyl (C=O) groups excluding carboxylic acids is 1. The molecule has 4 atom stereocenters. The number of aromatic nitrogens is 2. The van der Waals surface area contributed by atoms with Gasteiger partial charge in [-0.1, -0.05) is 30.7 Å². The molecule has 2 saturated heterocycles.